The van der Waals surface area contributed by atoms with E-state index in [1.807, 2.05) is 21.0 Å². The summed E-state index contributed by atoms with van der Waals surface area (Å²) in [6, 6.07) is 0. The third-order valence-electron chi connectivity index (χ3n) is 2.67. The van der Waals surface area contributed by atoms with Crippen LogP contribution in [0, 0.1) is 0 Å². The summed E-state index contributed by atoms with van der Waals surface area (Å²) in [6.07, 6.45) is 1.41. The molecule has 13 heavy (non-hydrogen) atoms. The molecule has 0 amide bonds. The molecule has 0 saturated carbocycles. The van der Waals surface area contributed by atoms with Crippen LogP contribution in [0.25, 0.3) is 0 Å². The van der Waals surface area contributed by atoms with Crippen LogP contribution in [0.15, 0.2) is 0 Å². The quantitative estimate of drug-likeness (QED) is 0.613. The number of carbonyl (C=O) groups excluding carboxylic acids is 1. The summed E-state index contributed by atoms with van der Waals surface area (Å²) in [5, 5.41) is 0. The van der Waals surface area contributed by atoms with E-state index < -0.39 is 0 Å². The minimum atomic E-state index is -0.111. The average molecular weight is 187 g/mol. The SMILES string of the molecule is CCOC(=O)CC(C)(CC)N(C)C. The Bertz CT molecular complexity index is 168. The predicted molar refractivity (Wildman–Crippen MR) is 53.6 cm³/mol. The molecular formula is C10H21NO2. The molecule has 3 heteroatoms. The highest BCUT2D eigenvalue weighted by atomic mass is 16.5. The minimum absolute atomic E-state index is 0.0771. The van der Waals surface area contributed by atoms with Crippen molar-refractivity contribution in [3.63, 3.8) is 0 Å². The van der Waals surface area contributed by atoms with Crippen LogP contribution in [-0.2, 0) is 9.53 Å². The Kier molecular flexibility index (Phi) is 4.99. The summed E-state index contributed by atoms with van der Waals surface area (Å²) in [7, 11) is 3.98. The van der Waals surface area contributed by atoms with Crippen molar-refractivity contribution in [3.8, 4) is 0 Å². The van der Waals surface area contributed by atoms with E-state index in [-0.39, 0.29) is 11.5 Å². The lowest BCUT2D eigenvalue weighted by molar-refractivity contribution is -0.146. The maximum absolute atomic E-state index is 11.3. The number of ether oxygens (including phenoxy) is 1. The molecule has 0 bridgehead atoms. The van der Waals surface area contributed by atoms with Gasteiger partial charge in [-0.05, 0) is 34.4 Å². The van der Waals surface area contributed by atoms with Crippen LogP contribution in [0.5, 0.6) is 0 Å². The van der Waals surface area contributed by atoms with Crippen molar-refractivity contribution in [2.24, 2.45) is 0 Å². The monoisotopic (exact) mass is 187 g/mol. The lowest BCUT2D eigenvalue weighted by Gasteiger charge is -2.34. The highest BCUT2D eigenvalue weighted by molar-refractivity contribution is 5.70. The van der Waals surface area contributed by atoms with E-state index in [0.29, 0.717) is 13.0 Å². The van der Waals surface area contributed by atoms with E-state index in [1.165, 1.54) is 0 Å². The van der Waals surface area contributed by atoms with Crippen molar-refractivity contribution in [1.82, 2.24) is 4.90 Å². The fraction of sp³-hybridized carbons (Fsp3) is 0.900. The van der Waals surface area contributed by atoms with E-state index in [9.17, 15) is 4.79 Å². The van der Waals surface area contributed by atoms with Gasteiger partial charge in [0.05, 0.1) is 13.0 Å². The maximum atomic E-state index is 11.3. The molecule has 0 aliphatic rings. The lowest BCUT2D eigenvalue weighted by Crippen LogP contribution is -2.42. The third kappa shape index (κ3) is 3.77. The minimum Gasteiger partial charge on any atom is -0.466 e. The Morgan fingerprint density at radius 2 is 1.92 bits per heavy atom. The number of hydrogen-bond acceptors (Lipinski definition) is 3. The number of nitrogens with zero attached hydrogens (tertiary/aromatic N) is 1. The Labute approximate surface area is 81.1 Å². The number of hydrogen-bond donors (Lipinski definition) is 0. The molecule has 0 rings (SSSR count). The van der Waals surface area contributed by atoms with Crippen LogP contribution in [0.2, 0.25) is 0 Å². The van der Waals surface area contributed by atoms with E-state index in [0.717, 1.165) is 6.42 Å². The number of carbonyl (C=O) groups is 1. The molecule has 1 atom stereocenters. The number of esters is 1. The van der Waals surface area contributed by atoms with Crippen molar-refractivity contribution in [3.05, 3.63) is 0 Å². The summed E-state index contributed by atoms with van der Waals surface area (Å²) in [5.41, 5.74) is -0.0771. The zero-order valence-electron chi connectivity index (χ0n) is 9.39. The second kappa shape index (κ2) is 5.22. The molecule has 78 valence electrons. The summed E-state index contributed by atoms with van der Waals surface area (Å²) in [4.78, 5) is 13.3. The fourth-order valence-corrected chi connectivity index (χ4v) is 1.12. The Hall–Kier alpha value is -0.570. The third-order valence-corrected chi connectivity index (χ3v) is 2.67. The van der Waals surface area contributed by atoms with Crippen LogP contribution >= 0.6 is 0 Å². The average Bonchev–Trinajstić information content (AvgIpc) is 2.04. The largest absolute Gasteiger partial charge is 0.466 e. The summed E-state index contributed by atoms with van der Waals surface area (Å²) >= 11 is 0. The van der Waals surface area contributed by atoms with Crippen LogP contribution in [0.4, 0.5) is 0 Å². The van der Waals surface area contributed by atoms with Gasteiger partial charge in [-0.3, -0.25) is 4.79 Å². The molecule has 0 heterocycles. The van der Waals surface area contributed by atoms with Gasteiger partial charge >= 0.3 is 5.97 Å². The first-order chi connectivity index (χ1) is 5.96. The molecule has 0 fully saturated rings. The Morgan fingerprint density at radius 3 is 2.23 bits per heavy atom. The molecule has 0 aromatic carbocycles. The van der Waals surface area contributed by atoms with Crippen LogP contribution < -0.4 is 0 Å². The van der Waals surface area contributed by atoms with E-state index in [1.54, 1.807) is 0 Å². The van der Waals surface area contributed by atoms with Gasteiger partial charge in [0.2, 0.25) is 0 Å². The molecule has 0 aliphatic carbocycles. The lowest BCUT2D eigenvalue weighted by atomic mass is 9.93. The highest BCUT2D eigenvalue weighted by Gasteiger charge is 2.28. The second-order valence-corrected chi connectivity index (χ2v) is 3.73. The van der Waals surface area contributed by atoms with E-state index in [2.05, 4.69) is 18.7 Å². The van der Waals surface area contributed by atoms with Gasteiger partial charge in [0, 0.05) is 5.54 Å². The van der Waals surface area contributed by atoms with Crippen LogP contribution in [-0.4, -0.2) is 37.1 Å². The normalized spacial score (nSPS) is 15.5. The maximum Gasteiger partial charge on any atom is 0.307 e. The predicted octanol–water partition coefficient (Wildman–Crippen LogP) is 1.67. The van der Waals surface area contributed by atoms with Gasteiger partial charge in [-0.25, -0.2) is 0 Å². The summed E-state index contributed by atoms with van der Waals surface area (Å²) < 4.78 is 4.92. The number of rotatable bonds is 5. The molecule has 1 unspecified atom stereocenters. The van der Waals surface area contributed by atoms with Crippen molar-refractivity contribution in [2.75, 3.05) is 20.7 Å². The highest BCUT2D eigenvalue weighted by Crippen LogP contribution is 2.20. The fourth-order valence-electron chi connectivity index (χ4n) is 1.12. The Balaban J connectivity index is 4.19. The molecule has 0 radical (unpaired) electrons. The van der Waals surface area contributed by atoms with Crippen LogP contribution in [0.3, 0.4) is 0 Å². The van der Waals surface area contributed by atoms with Crippen molar-refractivity contribution < 1.29 is 9.53 Å². The first-order valence-corrected chi connectivity index (χ1v) is 4.79. The standard InChI is InChI=1S/C10H21NO2/c1-6-10(3,11(4)5)8-9(12)13-7-2/h6-8H2,1-5H3. The van der Waals surface area contributed by atoms with Gasteiger partial charge in [-0.1, -0.05) is 6.92 Å². The van der Waals surface area contributed by atoms with Gasteiger partial charge in [0.1, 0.15) is 0 Å². The van der Waals surface area contributed by atoms with Gasteiger partial charge in [-0.2, -0.15) is 0 Å². The smallest absolute Gasteiger partial charge is 0.307 e. The molecule has 0 N–H and O–H groups in total. The van der Waals surface area contributed by atoms with Gasteiger partial charge in [-0.15, -0.1) is 0 Å². The van der Waals surface area contributed by atoms with Gasteiger partial charge in [0.25, 0.3) is 0 Å². The molecular weight excluding hydrogens is 166 g/mol. The van der Waals surface area contributed by atoms with Crippen LogP contribution in [0.1, 0.15) is 33.6 Å². The first kappa shape index (κ1) is 12.4. The van der Waals surface area contributed by atoms with E-state index in [4.69, 9.17) is 4.74 Å². The van der Waals surface area contributed by atoms with Crippen molar-refractivity contribution in [1.29, 1.82) is 0 Å². The van der Waals surface area contributed by atoms with Crippen molar-refractivity contribution >= 4 is 5.97 Å². The Morgan fingerprint density at radius 1 is 1.38 bits per heavy atom. The molecule has 0 saturated heterocycles. The molecule has 0 aromatic heterocycles. The molecule has 0 aliphatic heterocycles. The van der Waals surface area contributed by atoms with Gasteiger partial charge in [0.15, 0.2) is 0 Å². The summed E-state index contributed by atoms with van der Waals surface area (Å²) in [6.45, 7) is 6.45. The zero-order valence-corrected chi connectivity index (χ0v) is 9.39. The van der Waals surface area contributed by atoms with Gasteiger partial charge < -0.3 is 9.64 Å². The molecule has 0 spiro atoms. The van der Waals surface area contributed by atoms with E-state index >= 15 is 0 Å². The first-order valence-electron chi connectivity index (χ1n) is 4.79. The topological polar surface area (TPSA) is 29.5 Å². The molecule has 3 nitrogen and oxygen atoms in total. The summed E-state index contributed by atoms with van der Waals surface area (Å²) in [5.74, 6) is -0.111. The zero-order chi connectivity index (χ0) is 10.5. The second-order valence-electron chi connectivity index (χ2n) is 3.73. The molecule has 0 aromatic rings. The van der Waals surface area contributed by atoms with Crippen molar-refractivity contribution in [2.45, 2.75) is 39.2 Å².